The summed E-state index contributed by atoms with van der Waals surface area (Å²) in [4.78, 5) is 10.6. The molecule has 18 heavy (non-hydrogen) atoms. The van der Waals surface area contributed by atoms with Gasteiger partial charge in [-0.25, -0.2) is 17.6 Å². The van der Waals surface area contributed by atoms with Crippen molar-refractivity contribution in [3.8, 4) is 0 Å². The molecule has 0 aliphatic carbocycles. The lowest BCUT2D eigenvalue weighted by Gasteiger charge is -2.30. The summed E-state index contributed by atoms with van der Waals surface area (Å²) in [6, 6.07) is 1.83. The SMILES string of the molecule is Cc1c(F)cc(C(=O)O)cc1S(=O)(=O)N1CCC1. The molecule has 0 atom stereocenters. The van der Waals surface area contributed by atoms with Crippen molar-refractivity contribution in [3.05, 3.63) is 29.1 Å². The van der Waals surface area contributed by atoms with E-state index in [1.54, 1.807) is 0 Å². The zero-order valence-corrected chi connectivity index (χ0v) is 10.5. The first-order chi connectivity index (χ1) is 8.34. The monoisotopic (exact) mass is 273 g/mol. The van der Waals surface area contributed by atoms with E-state index in [1.807, 2.05) is 0 Å². The van der Waals surface area contributed by atoms with Crippen LogP contribution in [0.15, 0.2) is 17.0 Å². The van der Waals surface area contributed by atoms with Gasteiger partial charge in [-0.2, -0.15) is 4.31 Å². The molecule has 1 fully saturated rings. The molecule has 1 aliphatic heterocycles. The van der Waals surface area contributed by atoms with Gasteiger partial charge in [-0.1, -0.05) is 0 Å². The quantitative estimate of drug-likeness (QED) is 0.898. The predicted octanol–water partition coefficient (Wildman–Crippen LogP) is 1.23. The van der Waals surface area contributed by atoms with Crippen LogP contribution in [0.2, 0.25) is 0 Å². The minimum Gasteiger partial charge on any atom is -0.478 e. The summed E-state index contributed by atoms with van der Waals surface area (Å²) in [6.07, 6.45) is 0.763. The smallest absolute Gasteiger partial charge is 0.335 e. The number of carboxylic acids is 1. The summed E-state index contributed by atoms with van der Waals surface area (Å²) >= 11 is 0. The first-order valence-electron chi connectivity index (χ1n) is 5.37. The second-order valence-corrected chi connectivity index (χ2v) is 6.05. The molecule has 1 aromatic rings. The summed E-state index contributed by atoms with van der Waals surface area (Å²) in [7, 11) is -3.78. The Kier molecular flexibility index (Phi) is 3.12. The molecular formula is C11H12FNO4S. The van der Waals surface area contributed by atoms with Crippen LogP contribution in [0.4, 0.5) is 4.39 Å². The fourth-order valence-corrected chi connectivity index (χ4v) is 3.49. The highest BCUT2D eigenvalue weighted by Crippen LogP contribution is 2.26. The topological polar surface area (TPSA) is 74.7 Å². The maximum absolute atomic E-state index is 13.6. The highest BCUT2D eigenvalue weighted by molar-refractivity contribution is 7.89. The normalized spacial score (nSPS) is 16.3. The highest BCUT2D eigenvalue weighted by atomic mass is 32.2. The molecule has 0 radical (unpaired) electrons. The number of carboxylic acid groups (broad SMARTS) is 1. The molecule has 0 spiro atoms. The van der Waals surface area contributed by atoms with Gasteiger partial charge < -0.3 is 5.11 Å². The van der Waals surface area contributed by atoms with Gasteiger partial charge in [-0.3, -0.25) is 0 Å². The van der Waals surface area contributed by atoms with Crippen molar-refractivity contribution in [1.29, 1.82) is 0 Å². The Morgan fingerprint density at radius 2 is 2.00 bits per heavy atom. The van der Waals surface area contributed by atoms with Gasteiger partial charge >= 0.3 is 5.97 Å². The third-order valence-corrected chi connectivity index (χ3v) is 5.00. The predicted molar refractivity (Wildman–Crippen MR) is 61.5 cm³/mol. The van der Waals surface area contributed by atoms with Crippen LogP contribution in [0, 0.1) is 12.7 Å². The molecule has 0 bridgehead atoms. The van der Waals surface area contributed by atoms with E-state index in [0.29, 0.717) is 13.1 Å². The molecule has 1 heterocycles. The first-order valence-corrected chi connectivity index (χ1v) is 6.81. The molecule has 98 valence electrons. The van der Waals surface area contributed by atoms with Crippen molar-refractivity contribution in [1.82, 2.24) is 4.31 Å². The summed E-state index contributed by atoms with van der Waals surface area (Å²) < 4.78 is 39.0. The van der Waals surface area contributed by atoms with E-state index in [1.165, 1.54) is 11.2 Å². The lowest BCUT2D eigenvalue weighted by Crippen LogP contribution is -2.42. The molecule has 2 rings (SSSR count). The van der Waals surface area contributed by atoms with Crippen LogP contribution in [0.5, 0.6) is 0 Å². The molecule has 5 nitrogen and oxygen atoms in total. The van der Waals surface area contributed by atoms with Gasteiger partial charge in [-0.15, -0.1) is 0 Å². The van der Waals surface area contributed by atoms with Crippen LogP contribution in [-0.2, 0) is 10.0 Å². The third-order valence-electron chi connectivity index (χ3n) is 2.98. The van der Waals surface area contributed by atoms with E-state index in [-0.39, 0.29) is 16.0 Å². The Morgan fingerprint density at radius 3 is 2.44 bits per heavy atom. The maximum atomic E-state index is 13.6. The van der Waals surface area contributed by atoms with Gasteiger partial charge in [0.1, 0.15) is 5.82 Å². The number of carbonyl (C=O) groups is 1. The average Bonchev–Trinajstić information content (AvgIpc) is 2.17. The molecule has 7 heteroatoms. The first kappa shape index (κ1) is 13.0. The van der Waals surface area contributed by atoms with E-state index in [0.717, 1.165) is 18.6 Å². The standard InChI is InChI=1S/C11H12FNO4S/c1-7-9(12)5-8(11(14)15)6-10(7)18(16,17)13-3-2-4-13/h5-6H,2-4H2,1H3,(H,14,15). The van der Waals surface area contributed by atoms with Gasteiger partial charge in [0, 0.05) is 18.7 Å². The number of halogens is 1. The van der Waals surface area contributed by atoms with Gasteiger partial charge in [-0.05, 0) is 25.5 Å². The minimum absolute atomic E-state index is 0.0492. The number of benzene rings is 1. The maximum Gasteiger partial charge on any atom is 0.335 e. The van der Waals surface area contributed by atoms with Crippen LogP contribution in [-0.4, -0.2) is 36.9 Å². The summed E-state index contributed by atoms with van der Waals surface area (Å²) in [5.41, 5.74) is -0.413. The van der Waals surface area contributed by atoms with Crippen molar-refractivity contribution in [3.63, 3.8) is 0 Å². The fraction of sp³-hybridized carbons (Fsp3) is 0.364. The number of sulfonamides is 1. The Hall–Kier alpha value is -1.47. The van der Waals surface area contributed by atoms with E-state index in [4.69, 9.17) is 5.11 Å². The lowest BCUT2D eigenvalue weighted by atomic mass is 10.1. The van der Waals surface area contributed by atoms with Crippen LogP contribution >= 0.6 is 0 Å². The minimum atomic E-state index is -3.78. The Labute approximate surface area is 104 Å². The molecule has 1 saturated heterocycles. The van der Waals surface area contributed by atoms with Gasteiger partial charge in [0.25, 0.3) is 0 Å². The molecule has 1 N–H and O–H groups in total. The average molecular weight is 273 g/mol. The van der Waals surface area contributed by atoms with Crippen molar-refractivity contribution in [2.75, 3.05) is 13.1 Å². The van der Waals surface area contributed by atoms with Crippen molar-refractivity contribution < 1.29 is 22.7 Å². The number of aromatic carboxylic acids is 1. The van der Waals surface area contributed by atoms with Crippen LogP contribution < -0.4 is 0 Å². The van der Waals surface area contributed by atoms with E-state index >= 15 is 0 Å². The highest BCUT2D eigenvalue weighted by Gasteiger charge is 2.32. The second-order valence-electron chi connectivity index (χ2n) is 4.14. The van der Waals surface area contributed by atoms with Crippen molar-refractivity contribution >= 4 is 16.0 Å². The van der Waals surface area contributed by atoms with Gasteiger partial charge in [0.15, 0.2) is 0 Å². The zero-order chi connectivity index (χ0) is 13.5. The van der Waals surface area contributed by atoms with E-state index < -0.39 is 21.8 Å². The van der Waals surface area contributed by atoms with Crippen molar-refractivity contribution in [2.24, 2.45) is 0 Å². The lowest BCUT2D eigenvalue weighted by molar-refractivity contribution is 0.0696. The van der Waals surface area contributed by atoms with Crippen LogP contribution in [0.25, 0.3) is 0 Å². The van der Waals surface area contributed by atoms with E-state index in [9.17, 15) is 17.6 Å². The summed E-state index contributed by atoms with van der Waals surface area (Å²) in [5, 5.41) is 8.83. The number of hydrogen-bond donors (Lipinski definition) is 1. The Morgan fingerprint density at radius 1 is 1.39 bits per heavy atom. The molecule has 1 aliphatic rings. The largest absolute Gasteiger partial charge is 0.478 e. The number of nitrogens with zero attached hydrogens (tertiary/aromatic N) is 1. The molecule has 0 aromatic heterocycles. The Balaban J connectivity index is 2.59. The molecular weight excluding hydrogens is 261 g/mol. The van der Waals surface area contributed by atoms with Crippen LogP contribution in [0.3, 0.4) is 0 Å². The second kappa shape index (κ2) is 4.33. The zero-order valence-electron chi connectivity index (χ0n) is 9.68. The molecule has 0 unspecified atom stereocenters. The summed E-state index contributed by atoms with van der Waals surface area (Å²) in [5.74, 6) is -2.18. The molecule has 1 aromatic carbocycles. The number of hydrogen-bond acceptors (Lipinski definition) is 3. The van der Waals surface area contributed by atoms with Crippen molar-refractivity contribution in [2.45, 2.75) is 18.2 Å². The van der Waals surface area contributed by atoms with Gasteiger partial charge in [0.2, 0.25) is 10.0 Å². The molecule has 0 saturated carbocycles. The summed E-state index contributed by atoms with van der Waals surface area (Å²) in [6.45, 7) is 2.11. The van der Waals surface area contributed by atoms with E-state index in [2.05, 4.69) is 0 Å². The van der Waals surface area contributed by atoms with Gasteiger partial charge in [0.05, 0.1) is 10.5 Å². The fourth-order valence-electron chi connectivity index (χ4n) is 1.71. The number of rotatable bonds is 3. The molecule has 0 amide bonds. The third kappa shape index (κ3) is 1.99. The Bertz CT molecular complexity index is 608. The van der Waals surface area contributed by atoms with Crippen LogP contribution in [0.1, 0.15) is 22.3 Å².